The van der Waals surface area contributed by atoms with Crippen LogP contribution in [0.25, 0.3) is 0 Å². The van der Waals surface area contributed by atoms with Crippen molar-refractivity contribution in [2.75, 3.05) is 13.1 Å². The maximum absolute atomic E-state index is 5.35. The third-order valence-electron chi connectivity index (χ3n) is 4.54. The summed E-state index contributed by atoms with van der Waals surface area (Å²) in [5.74, 6) is 0. The summed E-state index contributed by atoms with van der Waals surface area (Å²) in [5.41, 5.74) is 7.99. The van der Waals surface area contributed by atoms with E-state index in [9.17, 15) is 0 Å². The molecule has 0 saturated carbocycles. The van der Waals surface area contributed by atoms with Gasteiger partial charge in [0.15, 0.2) is 0 Å². The third-order valence-corrected chi connectivity index (χ3v) is 7.69. The maximum atomic E-state index is 5.35. The molecule has 2 nitrogen and oxygen atoms in total. The Hall–Kier alpha value is -1.13. The predicted molar refractivity (Wildman–Crippen MR) is 110 cm³/mol. The van der Waals surface area contributed by atoms with Crippen LogP contribution < -0.4 is 5.73 Å². The normalized spacial score (nSPS) is 16.5. The molecule has 0 aliphatic carbocycles. The fourth-order valence-corrected chi connectivity index (χ4v) is 4.87. The lowest BCUT2D eigenvalue weighted by Gasteiger charge is -2.35. The van der Waals surface area contributed by atoms with Crippen molar-refractivity contribution in [2.45, 2.75) is 38.3 Å². The molecule has 2 aromatic rings. The van der Waals surface area contributed by atoms with Crippen LogP contribution >= 0.6 is 12.4 Å². The summed E-state index contributed by atoms with van der Waals surface area (Å²) in [6.07, 6.45) is 0. The fourth-order valence-electron chi connectivity index (χ4n) is 2.77. The number of nitrogens with zero attached hydrogens (tertiary/aromatic N) is 1. The van der Waals surface area contributed by atoms with Crippen LogP contribution in [0.1, 0.15) is 11.1 Å². The molecule has 1 saturated heterocycles. The minimum atomic E-state index is -0.791. The number of rotatable bonds is 3. The topological polar surface area (TPSA) is 29.3 Å². The Kier molecular flexibility index (Phi) is 9.30. The van der Waals surface area contributed by atoms with Crippen molar-refractivity contribution >= 4 is 20.5 Å². The van der Waals surface area contributed by atoms with Gasteiger partial charge in [-0.1, -0.05) is 73.8 Å². The highest BCUT2D eigenvalue weighted by Gasteiger charge is 2.26. The first-order chi connectivity index (χ1) is 11.1. The second-order valence-corrected chi connectivity index (χ2v) is 12.4. The van der Waals surface area contributed by atoms with E-state index in [1.807, 2.05) is 30.3 Å². The number of hydrogen-bond acceptors (Lipinski definition) is 2. The molecule has 0 aromatic heterocycles. The lowest BCUT2D eigenvalue weighted by molar-refractivity contribution is 0.282. The molecule has 4 heteroatoms. The molecule has 24 heavy (non-hydrogen) atoms. The molecule has 0 unspecified atom stereocenters. The van der Waals surface area contributed by atoms with Crippen LogP contribution in [0, 0.1) is 0 Å². The smallest absolute Gasteiger partial charge is 0.0498 e. The van der Waals surface area contributed by atoms with Gasteiger partial charge in [-0.3, -0.25) is 4.90 Å². The van der Waals surface area contributed by atoms with Crippen molar-refractivity contribution in [1.29, 1.82) is 0 Å². The summed E-state index contributed by atoms with van der Waals surface area (Å²) in [7, 11) is -0.791. The highest BCUT2D eigenvalue weighted by Crippen LogP contribution is 2.22. The minimum Gasteiger partial charge on any atom is -0.326 e. The van der Waals surface area contributed by atoms with Crippen LogP contribution in [0.5, 0.6) is 0 Å². The zero-order chi connectivity index (χ0) is 16.5. The first-order valence-corrected chi connectivity index (χ1v) is 12.0. The SMILES string of the molecule is C[Si]1(C)CCN(Cc2ccccc2)CC1.Cl.NCc1ccccc1. The molecule has 0 atom stereocenters. The van der Waals surface area contributed by atoms with Crippen LogP contribution in [-0.2, 0) is 13.1 Å². The van der Waals surface area contributed by atoms with Gasteiger partial charge < -0.3 is 5.73 Å². The molecule has 0 radical (unpaired) electrons. The van der Waals surface area contributed by atoms with E-state index in [1.165, 1.54) is 36.3 Å². The van der Waals surface area contributed by atoms with E-state index in [2.05, 4.69) is 48.3 Å². The molecule has 1 aliphatic heterocycles. The summed E-state index contributed by atoms with van der Waals surface area (Å²) in [4.78, 5) is 2.60. The van der Waals surface area contributed by atoms with Crippen molar-refractivity contribution in [3.8, 4) is 0 Å². The molecule has 3 rings (SSSR count). The molecule has 1 heterocycles. The van der Waals surface area contributed by atoms with Gasteiger partial charge in [0.1, 0.15) is 0 Å². The average molecular weight is 363 g/mol. The van der Waals surface area contributed by atoms with Crippen LogP contribution in [-0.4, -0.2) is 26.1 Å². The molecule has 1 aliphatic rings. The van der Waals surface area contributed by atoms with Crippen molar-refractivity contribution < 1.29 is 0 Å². The minimum absolute atomic E-state index is 0. The van der Waals surface area contributed by atoms with Gasteiger partial charge >= 0.3 is 0 Å². The highest BCUT2D eigenvalue weighted by atomic mass is 35.5. The van der Waals surface area contributed by atoms with Gasteiger partial charge in [0.05, 0.1) is 0 Å². The van der Waals surface area contributed by atoms with Gasteiger partial charge in [0, 0.05) is 21.2 Å². The Bertz CT molecular complexity index is 550. The molecular weight excluding hydrogens is 332 g/mol. The summed E-state index contributed by atoms with van der Waals surface area (Å²) in [5, 5.41) is 0. The fraction of sp³-hybridized carbons (Fsp3) is 0.400. The zero-order valence-electron chi connectivity index (χ0n) is 14.9. The maximum Gasteiger partial charge on any atom is 0.0498 e. The summed E-state index contributed by atoms with van der Waals surface area (Å²) >= 11 is 0. The van der Waals surface area contributed by atoms with Crippen LogP contribution in [0.15, 0.2) is 60.7 Å². The second-order valence-electron chi connectivity index (χ2n) is 7.12. The van der Waals surface area contributed by atoms with Gasteiger partial charge in [0.2, 0.25) is 0 Å². The third kappa shape index (κ3) is 7.62. The van der Waals surface area contributed by atoms with Gasteiger partial charge in [-0.25, -0.2) is 0 Å². The van der Waals surface area contributed by atoms with Crippen molar-refractivity contribution in [2.24, 2.45) is 5.73 Å². The Morgan fingerprint density at radius 3 is 1.71 bits per heavy atom. The molecule has 0 spiro atoms. The van der Waals surface area contributed by atoms with Crippen LogP contribution in [0.4, 0.5) is 0 Å². The lowest BCUT2D eigenvalue weighted by Crippen LogP contribution is -2.42. The Labute approximate surface area is 154 Å². The number of nitrogens with two attached hydrogens (primary N) is 1. The Morgan fingerprint density at radius 1 is 0.833 bits per heavy atom. The highest BCUT2D eigenvalue weighted by molar-refractivity contribution is 6.77. The van der Waals surface area contributed by atoms with Crippen molar-refractivity contribution in [3.05, 3.63) is 71.8 Å². The number of hydrogen-bond donors (Lipinski definition) is 1. The van der Waals surface area contributed by atoms with E-state index >= 15 is 0 Å². The first kappa shape index (κ1) is 20.9. The quantitative estimate of drug-likeness (QED) is 0.796. The Balaban J connectivity index is 0.000000273. The van der Waals surface area contributed by atoms with E-state index in [4.69, 9.17) is 5.73 Å². The number of halogens is 1. The molecule has 0 amide bonds. The van der Waals surface area contributed by atoms with E-state index < -0.39 is 8.07 Å². The predicted octanol–water partition coefficient (Wildman–Crippen LogP) is 4.78. The van der Waals surface area contributed by atoms with Gasteiger partial charge in [0.25, 0.3) is 0 Å². The molecule has 0 bridgehead atoms. The van der Waals surface area contributed by atoms with Gasteiger partial charge in [-0.2, -0.15) is 0 Å². The molecular formula is C20H31ClN2Si. The van der Waals surface area contributed by atoms with E-state index in [0.717, 1.165) is 6.54 Å². The van der Waals surface area contributed by atoms with E-state index in [0.29, 0.717) is 6.54 Å². The van der Waals surface area contributed by atoms with E-state index in [1.54, 1.807) is 0 Å². The zero-order valence-corrected chi connectivity index (χ0v) is 16.8. The lowest BCUT2D eigenvalue weighted by atomic mass is 10.2. The van der Waals surface area contributed by atoms with Gasteiger partial charge in [-0.15, -0.1) is 12.4 Å². The van der Waals surface area contributed by atoms with Gasteiger partial charge in [-0.05, 0) is 36.3 Å². The van der Waals surface area contributed by atoms with Crippen molar-refractivity contribution in [1.82, 2.24) is 4.90 Å². The number of benzene rings is 2. The second kappa shape index (κ2) is 10.7. The Morgan fingerprint density at radius 2 is 1.29 bits per heavy atom. The van der Waals surface area contributed by atoms with Crippen LogP contribution in [0.3, 0.4) is 0 Å². The average Bonchev–Trinajstić information content (AvgIpc) is 2.59. The summed E-state index contributed by atoms with van der Waals surface area (Å²) in [6.45, 7) is 9.45. The van der Waals surface area contributed by atoms with Crippen molar-refractivity contribution in [3.63, 3.8) is 0 Å². The monoisotopic (exact) mass is 362 g/mol. The first-order valence-electron chi connectivity index (χ1n) is 8.59. The molecule has 2 N–H and O–H groups in total. The molecule has 132 valence electrons. The largest absolute Gasteiger partial charge is 0.326 e. The standard InChI is InChI=1S/C13H21NSi.C7H9N.ClH/c1-15(2)10-8-14(9-11-15)12-13-6-4-3-5-7-13;8-6-7-4-2-1-3-5-7;/h3-7H,8-12H2,1-2H3;1-5H,6,8H2;1H. The van der Waals surface area contributed by atoms with E-state index in [-0.39, 0.29) is 12.4 Å². The van der Waals surface area contributed by atoms with Crippen LogP contribution in [0.2, 0.25) is 25.2 Å². The summed E-state index contributed by atoms with van der Waals surface area (Å²) < 4.78 is 0. The molecule has 1 fully saturated rings. The summed E-state index contributed by atoms with van der Waals surface area (Å²) in [6, 6.07) is 23.8. The molecule has 2 aromatic carbocycles.